The van der Waals surface area contributed by atoms with Crippen LogP contribution in [0.25, 0.3) is 0 Å². The molecule has 0 amide bonds. The highest BCUT2D eigenvalue weighted by atomic mass is 32.2. The van der Waals surface area contributed by atoms with Gasteiger partial charge in [-0.15, -0.1) is 11.8 Å². The Bertz CT molecular complexity index is 300. The summed E-state index contributed by atoms with van der Waals surface area (Å²) in [4.78, 5) is 1.73. The van der Waals surface area contributed by atoms with E-state index in [1.54, 1.807) is 4.91 Å². The third-order valence-electron chi connectivity index (χ3n) is 3.96. The summed E-state index contributed by atoms with van der Waals surface area (Å²) in [6.45, 7) is 2.43. The fraction of sp³-hybridized carbons (Fsp3) is 0.692. The number of fused-ring (bicyclic) bond motifs is 2. The van der Waals surface area contributed by atoms with E-state index in [1.807, 2.05) is 5.57 Å². The minimum absolute atomic E-state index is 0.948. The van der Waals surface area contributed by atoms with Crippen LogP contribution in [-0.2, 0) is 0 Å². The highest BCUT2D eigenvalue weighted by Crippen LogP contribution is 2.53. The first-order valence-electron chi connectivity index (χ1n) is 5.88. The molecule has 1 heteroatoms. The van der Waals surface area contributed by atoms with Gasteiger partial charge in [-0.1, -0.05) is 24.6 Å². The molecule has 0 bridgehead atoms. The van der Waals surface area contributed by atoms with E-state index in [9.17, 15) is 0 Å². The average Bonchev–Trinajstić information content (AvgIpc) is 2.56. The average molecular weight is 206 g/mol. The molecule has 0 aromatic rings. The monoisotopic (exact) mass is 206 g/mol. The molecule has 3 atom stereocenters. The summed E-state index contributed by atoms with van der Waals surface area (Å²) in [6.07, 6.45) is 11.6. The van der Waals surface area contributed by atoms with Crippen molar-refractivity contribution in [2.75, 3.05) is 0 Å². The van der Waals surface area contributed by atoms with Gasteiger partial charge in [-0.25, -0.2) is 0 Å². The van der Waals surface area contributed by atoms with Gasteiger partial charge in [0.1, 0.15) is 0 Å². The van der Waals surface area contributed by atoms with Crippen molar-refractivity contribution in [1.29, 1.82) is 0 Å². The lowest BCUT2D eigenvalue weighted by atomic mass is 9.76. The molecule has 0 aromatic heterocycles. The summed E-state index contributed by atoms with van der Waals surface area (Å²) >= 11 is 2.21. The van der Waals surface area contributed by atoms with Gasteiger partial charge in [0.2, 0.25) is 0 Å². The molecular weight excluding hydrogens is 188 g/mol. The molecule has 0 saturated heterocycles. The van der Waals surface area contributed by atoms with Gasteiger partial charge >= 0.3 is 0 Å². The van der Waals surface area contributed by atoms with Crippen LogP contribution in [0.4, 0.5) is 0 Å². The lowest BCUT2D eigenvalue weighted by Crippen LogP contribution is -2.24. The van der Waals surface area contributed by atoms with Crippen molar-refractivity contribution in [2.24, 2.45) is 11.8 Å². The van der Waals surface area contributed by atoms with Crippen LogP contribution in [0.15, 0.2) is 22.6 Å². The Morgan fingerprint density at radius 1 is 1.21 bits per heavy atom. The number of thioether (sulfide) groups is 1. The molecule has 1 fully saturated rings. The van der Waals surface area contributed by atoms with Crippen molar-refractivity contribution in [1.82, 2.24) is 0 Å². The third-order valence-corrected chi connectivity index (χ3v) is 5.54. The normalized spacial score (nSPS) is 41.1. The smallest absolute Gasteiger partial charge is 0.0157 e. The lowest BCUT2D eigenvalue weighted by Gasteiger charge is -2.30. The fourth-order valence-electron chi connectivity index (χ4n) is 3.17. The molecule has 3 aliphatic rings. The van der Waals surface area contributed by atoms with Gasteiger partial charge in [-0.05, 0) is 48.8 Å². The zero-order valence-corrected chi connectivity index (χ0v) is 9.65. The van der Waals surface area contributed by atoms with E-state index >= 15 is 0 Å². The number of rotatable bonds is 0. The minimum atomic E-state index is 0.948. The van der Waals surface area contributed by atoms with E-state index < -0.39 is 0 Å². The van der Waals surface area contributed by atoms with Crippen LogP contribution in [0.2, 0.25) is 0 Å². The largest absolute Gasteiger partial charge is 0.126 e. The van der Waals surface area contributed by atoms with E-state index in [0.29, 0.717) is 0 Å². The standard InChI is InChI=1S/C13H18S/c1-9-6-7-13-11(8-9)10-4-2-3-5-12(10)14-13/h2-3,9,11,13H,4-8H2,1H3. The summed E-state index contributed by atoms with van der Waals surface area (Å²) in [5.74, 6) is 1.92. The van der Waals surface area contributed by atoms with Crippen LogP contribution >= 0.6 is 11.8 Å². The van der Waals surface area contributed by atoms with E-state index in [2.05, 4.69) is 30.8 Å². The van der Waals surface area contributed by atoms with E-state index in [4.69, 9.17) is 0 Å². The second-order valence-electron chi connectivity index (χ2n) is 5.01. The first-order chi connectivity index (χ1) is 6.84. The highest BCUT2D eigenvalue weighted by molar-refractivity contribution is 8.04. The van der Waals surface area contributed by atoms with E-state index in [-0.39, 0.29) is 0 Å². The van der Waals surface area contributed by atoms with Crippen LogP contribution in [0.3, 0.4) is 0 Å². The van der Waals surface area contributed by atoms with Gasteiger partial charge in [0.05, 0.1) is 0 Å². The highest BCUT2D eigenvalue weighted by Gasteiger charge is 2.38. The zero-order valence-electron chi connectivity index (χ0n) is 8.83. The van der Waals surface area contributed by atoms with Crippen molar-refractivity contribution in [3.05, 3.63) is 22.6 Å². The summed E-state index contributed by atoms with van der Waals surface area (Å²) in [5.41, 5.74) is 1.81. The summed E-state index contributed by atoms with van der Waals surface area (Å²) in [6, 6.07) is 0. The van der Waals surface area contributed by atoms with Crippen molar-refractivity contribution in [3.8, 4) is 0 Å². The Labute approximate surface area is 90.8 Å². The molecule has 1 saturated carbocycles. The maximum absolute atomic E-state index is 2.43. The zero-order chi connectivity index (χ0) is 9.54. The second-order valence-corrected chi connectivity index (χ2v) is 6.34. The Balaban J connectivity index is 1.84. The number of hydrogen-bond acceptors (Lipinski definition) is 1. The van der Waals surface area contributed by atoms with Crippen LogP contribution in [-0.4, -0.2) is 5.25 Å². The molecule has 0 spiro atoms. The minimum Gasteiger partial charge on any atom is -0.126 e. The summed E-state index contributed by atoms with van der Waals surface area (Å²) in [5, 5.41) is 0.955. The van der Waals surface area contributed by atoms with Gasteiger partial charge < -0.3 is 0 Å². The first-order valence-corrected chi connectivity index (χ1v) is 6.76. The predicted molar refractivity (Wildman–Crippen MR) is 63.3 cm³/mol. The number of allylic oxidation sites excluding steroid dienone is 4. The summed E-state index contributed by atoms with van der Waals surface area (Å²) in [7, 11) is 0. The lowest BCUT2D eigenvalue weighted by molar-refractivity contribution is 0.325. The quantitative estimate of drug-likeness (QED) is 0.537. The van der Waals surface area contributed by atoms with Gasteiger partial charge in [0.25, 0.3) is 0 Å². The van der Waals surface area contributed by atoms with Crippen molar-refractivity contribution >= 4 is 11.8 Å². The molecular formula is C13H18S. The molecule has 0 nitrogen and oxygen atoms in total. The van der Waals surface area contributed by atoms with Crippen molar-refractivity contribution in [2.45, 2.75) is 44.3 Å². The van der Waals surface area contributed by atoms with Crippen molar-refractivity contribution in [3.63, 3.8) is 0 Å². The molecule has 1 aliphatic heterocycles. The van der Waals surface area contributed by atoms with Crippen molar-refractivity contribution < 1.29 is 0 Å². The van der Waals surface area contributed by atoms with Gasteiger partial charge in [-0.3, -0.25) is 0 Å². The van der Waals surface area contributed by atoms with Gasteiger partial charge in [0.15, 0.2) is 0 Å². The summed E-state index contributed by atoms with van der Waals surface area (Å²) < 4.78 is 0. The maximum Gasteiger partial charge on any atom is 0.0157 e. The van der Waals surface area contributed by atoms with Crippen LogP contribution in [0, 0.1) is 11.8 Å². The molecule has 14 heavy (non-hydrogen) atoms. The fourth-order valence-corrected chi connectivity index (χ4v) is 4.81. The molecule has 0 radical (unpaired) electrons. The molecule has 2 aliphatic carbocycles. The first kappa shape index (κ1) is 9.08. The Kier molecular flexibility index (Phi) is 2.24. The predicted octanol–water partition coefficient (Wildman–Crippen LogP) is 4.14. The number of hydrogen-bond donors (Lipinski definition) is 0. The molecule has 3 unspecified atom stereocenters. The van der Waals surface area contributed by atoms with Gasteiger partial charge in [0, 0.05) is 5.25 Å². The Morgan fingerprint density at radius 2 is 2.07 bits per heavy atom. The molecule has 0 N–H and O–H groups in total. The molecule has 3 rings (SSSR count). The van der Waals surface area contributed by atoms with E-state index in [1.165, 1.54) is 32.1 Å². The third kappa shape index (κ3) is 1.37. The topological polar surface area (TPSA) is 0 Å². The Morgan fingerprint density at radius 3 is 3.00 bits per heavy atom. The maximum atomic E-state index is 2.43. The molecule has 0 aromatic carbocycles. The SMILES string of the molecule is CC1CCC2SC3=C(CC=CC3)C2C1. The second kappa shape index (κ2) is 3.44. The Hall–Kier alpha value is -0.170. The van der Waals surface area contributed by atoms with Crippen LogP contribution < -0.4 is 0 Å². The van der Waals surface area contributed by atoms with Crippen LogP contribution in [0.1, 0.15) is 39.0 Å². The molecule has 76 valence electrons. The van der Waals surface area contributed by atoms with Crippen LogP contribution in [0.5, 0.6) is 0 Å². The van der Waals surface area contributed by atoms with E-state index in [0.717, 1.165) is 17.1 Å². The van der Waals surface area contributed by atoms with Gasteiger partial charge in [-0.2, -0.15) is 0 Å². The molecule has 1 heterocycles.